The molecule has 4 heteroatoms. The van der Waals surface area contributed by atoms with E-state index in [1.807, 2.05) is 5.38 Å². The molecule has 2 aromatic heterocycles. The largest absolute Gasteiger partial charge is 0.243 e. The zero-order chi connectivity index (χ0) is 8.39. The Morgan fingerprint density at radius 1 is 1.25 bits per heavy atom. The first-order valence-corrected chi connectivity index (χ1v) is 4.31. The van der Waals surface area contributed by atoms with Crippen LogP contribution in [0.15, 0.2) is 29.1 Å². The fraction of sp³-hybridized carbons (Fsp3) is 0. The van der Waals surface area contributed by atoms with Gasteiger partial charge in [0.1, 0.15) is 0 Å². The number of pyridine rings is 1. The minimum Gasteiger partial charge on any atom is -0.243 e. The van der Waals surface area contributed by atoms with Crippen LogP contribution in [0, 0.1) is 5.95 Å². The van der Waals surface area contributed by atoms with Gasteiger partial charge in [0.25, 0.3) is 0 Å². The molecule has 0 aliphatic heterocycles. The van der Waals surface area contributed by atoms with Crippen LogP contribution in [0.3, 0.4) is 0 Å². The molecule has 0 fully saturated rings. The van der Waals surface area contributed by atoms with Crippen LogP contribution >= 0.6 is 11.3 Å². The maximum absolute atomic E-state index is 12.6. The van der Waals surface area contributed by atoms with Crippen molar-refractivity contribution in [1.82, 2.24) is 9.97 Å². The number of thiazole rings is 1. The number of hydrogen-bond donors (Lipinski definition) is 0. The zero-order valence-corrected chi connectivity index (χ0v) is 6.88. The maximum atomic E-state index is 12.6. The summed E-state index contributed by atoms with van der Waals surface area (Å²) < 4.78 is 12.6. The van der Waals surface area contributed by atoms with Crippen molar-refractivity contribution >= 4 is 11.3 Å². The predicted molar refractivity (Wildman–Crippen MR) is 45.3 cm³/mol. The fourth-order valence-electron chi connectivity index (χ4n) is 0.890. The molecule has 0 unspecified atom stereocenters. The van der Waals surface area contributed by atoms with Crippen molar-refractivity contribution in [3.05, 3.63) is 35.0 Å². The summed E-state index contributed by atoms with van der Waals surface area (Å²) in [5.74, 6) is -0.472. The van der Waals surface area contributed by atoms with Crippen LogP contribution in [0.25, 0.3) is 11.4 Å². The molecule has 0 atom stereocenters. The van der Waals surface area contributed by atoms with E-state index in [1.54, 1.807) is 17.6 Å². The van der Waals surface area contributed by atoms with Gasteiger partial charge in [-0.2, -0.15) is 4.39 Å². The van der Waals surface area contributed by atoms with Crippen molar-refractivity contribution in [2.45, 2.75) is 0 Å². The third-order valence-electron chi connectivity index (χ3n) is 1.41. The van der Waals surface area contributed by atoms with Crippen LogP contribution in [-0.4, -0.2) is 9.97 Å². The molecule has 60 valence electrons. The molecule has 2 aromatic rings. The standard InChI is InChI=1S/C8H5FN2S/c9-8-3-1-2-6(11-8)7-4-12-5-10-7/h1-5H. The predicted octanol–water partition coefficient (Wildman–Crippen LogP) is 2.34. The van der Waals surface area contributed by atoms with Gasteiger partial charge in [0, 0.05) is 5.38 Å². The quantitative estimate of drug-likeness (QED) is 0.629. The van der Waals surface area contributed by atoms with E-state index in [-0.39, 0.29) is 0 Å². The second-order valence-corrected chi connectivity index (χ2v) is 2.94. The van der Waals surface area contributed by atoms with Crippen molar-refractivity contribution in [2.75, 3.05) is 0 Å². The summed E-state index contributed by atoms with van der Waals surface area (Å²) in [5, 5.41) is 1.84. The van der Waals surface area contributed by atoms with E-state index in [9.17, 15) is 4.39 Å². The molecule has 0 aliphatic carbocycles. The molecule has 0 spiro atoms. The van der Waals surface area contributed by atoms with Crippen molar-refractivity contribution < 1.29 is 4.39 Å². The van der Waals surface area contributed by atoms with E-state index in [1.165, 1.54) is 17.4 Å². The molecular formula is C8H5FN2S. The molecule has 0 amide bonds. The summed E-state index contributed by atoms with van der Waals surface area (Å²) in [7, 11) is 0. The number of nitrogens with zero attached hydrogens (tertiary/aromatic N) is 2. The normalized spacial score (nSPS) is 10.1. The second kappa shape index (κ2) is 2.98. The van der Waals surface area contributed by atoms with Gasteiger partial charge in [-0.25, -0.2) is 9.97 Å². The van der Waals surface area contributed by atoms with Gasteiger partial charge in [-0.15, -0.1) is 11.3 Å². The van der Waals surface area contributed by atoms with Crippen molar-refractivity contribution in [1.29, 1.82) is 0 Å². The van der Waals surface area contributed by atoms with E-state index in [0.29, 0.717) is 5.69 Å². The highest BCUT2D eigenvalue weighted by atomic mass is 32.1. The first-order chi connectivity index (χ1) is 5.86. The molecule has 0 saturated heterocycles. The highest BCUT2D eigenvalue weighted by molar-refractivity contribution is 7.07. The maximum Gasteiger partial charge on any atom is 0.213 e. The van der Waals surface area contributed by atoms with E-state index in [2.05, 4.69) is 9.97 Å². The number of aromatic nitrogens is 2. The molecule has 12 heavy (non-hydrogen) atoms. The van der Waals surface area contributed by atoms with Crippen LogP contribution in [0.1, 0.15) is 0 Å². The fourth-order valence-corrected chi connectivity index (χ4v) is 1.44. The summed E-state index contributed by atoms with van der Waals surface area (Å²) in [6.07, 6.45) is 0. The zero-order valence-electron chi connectivity index (χ0n) is 6.07. The van der Waals surface area contributed by atoms with Gasteiger partial charge in [-0.3, -0.25) is 0 Å². The Hall–Kier alpha value is -1.29. The summed E-state index contributed by atoms with van der Waals surface area (Å²) >= 11 is 1.47. The van der Waals surface area contributed by atoms with Gasteiger partial charge in [-0.05, 0) is 12.1 Å². The number of halogens is 1. The molecule has 0 bridgehead atoms. The van der Waals surface area contributed by atoms with Gasteiger partial charge in [0.2, 0.25) is 5.95 Å². The highest BCUT2D eigenvalue weighted by Gasteiger charge is 2.00. The van der Waals surface area contributed by atoms with E-state index >= 15 is 0 Å². The Labute approximate surface area is 72.7 Å². The lowest BCUT2D eigenvalue weighted by atomic mass is 10.3. The van der Waals surface area contributed by atoms with Crippen LogP contribution in [-0.2, 0) is 0 Å². The Bertz CT molecular complexity index is 372. The molecule has 0 aliphatic rings. The lowest BCUT2D eigenvalue weighted by Crippen LogP contribution is -1.85. The average Bonchev–Trinajstić information content (AvgIpc) is 2.56. The van der Waals surface area contributed by atoms with Crippen molar-refractivity contribution in [3.8, 4) is 11.4 Å². The van der Waals surface area contributed by atoms with E-state index < -0.39 is 5.95 Å². The summed E-state index contributed by atoms with van der Waals surface area (Å²) in [6, 6.07) is 4.67. The summed E-state index contributed by atoms with van der Waals surface area (Å²) in [6.45, 7) is 0. The molecule has 2 rings (SSSR count). The van der Waals surface area contributed by atoms with Crippen LogP contribution in [0.5, 0.6) is 0 Å². The second-order valence-electron chi connectivity index (χ2n) is 2.22. The van der Waals surface area contributed by atoms with Gasteiger partial charge in [0.05, 0.1) is 16.9 Å². The lowest BCUT2D eigenvalue weighted by Gasteiger charge is -1.93. The molecule has 0 saturated carbocycles. The Morgan fingerprint density at radius 2 is 2.17 bits per heavy atom. The lowest BCUT2D eigenvalue weighted by molar-refractivity contribution is 0.585. The summed E-state index contributed by atoms with van der Waals surface area (Å²) in [5.41, 5.74) is 3.00. The molecule has 2 nitrogen and oxygen atoms in total. The Balaban J connectivity index is 2.48. The van der Waals surface area contributed by atoms with Crippen molar-refractivity contribution in [2.24, 2.45) is 0 Å². The highest BCUT2D eigenvalue weighted by Crippen LogP contribution is 2.15. The Kier molecular flexibility index (Phi) is 1.83. The minimum atomic E-state index is -0.472. The smallest absolute Gasteiger partial charge is 0.213 e. The number of hydrogen-bond acceptors (Lipinski definition) is 3. The first-order valence-electron chi connectivity index (χ1n) is 3.37. The average molecular weight is 180 g/mol. The van der Waals surface area contributed by atoms with Crippen molar-refractivity contribution in [3.63, 3.8) is 0 Å². The SMILES string of the molecule is Fc1cccc(-c2cscn2)n1. The van der Waals surface area contributed by atoms with Crippen LogP contribution in [0.4, 0.5) is 4.39 Å². The molecule has 0 aromatic carbocycles. The Morgan fingerprint density at radius 3 is 2.83 bits per heavy atom. The van der Waals surface area contributed by atoms with E-state index in [0.717, 1.165) is 5.69 Å². The topological polar surface area (TPSA) is 25.8 Å². The monoisotopic (exact) mass is 180 g/mol. The van der Waals surface area contributed by atoms with Gasteiger partial charge in [-0.1, -0.05) is 6.07 Å². The molecule has 0 radical (unpaired) electrons. The van der Waals surface area contributed by atoms with E-state index in [4.69, 9.17) is 0 Å². The van der Waals surface area contributed by atoms with Gasteiger partial charge < -0.3 is 0 Å². The van der Waals surface area contributed by atoms with Crippen LogP contribution in [0.2, 0.25) is 0 Å². The van der Waals surface area contributed by atoms with Gasteiger partial charge >= 0.3 is 0 Å². The summed E-state index contributed by atoms with van der Waals surface area (Å²) in [4.78, 5) is 7.71. The van der Waals surface area contributed by atoms with Crippen LogP contribution < -0.4 is 0 Å². The third kappa shape index (κ3) is 1.33. The molecular weight excluding hydrogens is 175 g/mol. The third-order valence-corrected chi connectivity index (χ3v) is 2.00. The number of rotatable bonds is 1. The first kappa shape index (κ1) is 7.36. The molecule has 2 heterocycles. The minimum absolute atomic E-state index is 0.472. The molecule has 0 N–H and O–H groups in total. The van der Waals surface area contributed by atoms with Gasteiger partial charge in [0.15, 0.2) is 0 Å².